The molecule has 0 radical (unpaired) electrons. The van der Waals surface area contributed by atoms with Crippen LogP contribution in [0.25, 0.3) is 111 Å². The van der Waals surface area contributed by atoms with Gasteiger partial charge in [0.2, 0.25) is 0 Å². The van der Waals surface area contributed by atoms with Gasteiger partial charge in [-0.1, -0.05) is 182 Å². The zero-order chi connectivity index (χ0) is 37.7. The Bertz CT molecular complexity index is 3260. The molecule has 0 N–H and O–H groups in total. The van der Waals surface area contributed by atoms with Crippen molar-refractivity contribution >= 4 is 43.5 Å². The number of fused-ring (bicyclic) bond motifs is 6. The number of aromatic nitrogens is 3. The van der Waals surface area contributed by atoms with Crippen LogP contribution in [0.3, 0.4) is 0 Å². The molecule has 57 heavy (non-hydrogen) atoms. The molecule has 0 aliphatic rings. The Morgan fingerprint density at radius 2 is 0.754 bits per heavy atom. The van der Waals surface area contributed by atoms with Gasteiger partial charge in [0, 0.05) is 32.8 Å². The molecule has 2 aromatic heterocycles. The molecule has 0 aliphatic carbocycles. The Balaban J connectivity index is 0.970. The minimum Gasteiger partial charge on any atom is -0.455 e. The van der Waals surface area contributed by atoms with Crippen LogP contribution < -0.4 is 0 Å². The third-order valence-electron chi connectivity index (χ3n) is 11.0. The summed E-state index contributed by atoms with van der Waals surface area (Å²) in [5.74, 6) is 1.89. The van der Waals surface area contributed by atoms with Gasteiger partial charge >= 0.3 is 0 Å². The van der Waals surface area contributed by atoms with Gasteiger partial charge < -0.3 is 4.42 Å². The fourth-order valence-corrected chi connectivity index (χ4v) is 8.07. The Morgan fingerprint density at radius 3 is 1.42 bits per heavy atom. The summed E-state index contributed by atoms with van der Waals surface area (Å²) in [7, 11) is 0. The van der Waals surface area contributed by atoms with Gasteiger partial charge in [-0.15, -0.1) is 0 Å². The van der Waals surface area contributed by atoms with Gasteiger partial charge in [0.05, 0.1) is 0 Å². The number of nitrogens with zero attached hydrogens (tertiary/aromatic N) is 3. The van der Waals surface area contributed by atoms with Gasteiger partial charge in [0.1, 0.15) is 11.2 Å². The normalized spacial score (nSPS) is 11.5. The molecule has 0 spiro atoms. The molecule has 0 atom stereocenters. The van der Waals surface area contributed by atoms with E-state index in [0.29, 0.717) is 17.5 Å². The van der Waals surface area contributed by atoms with E-state index in [1.54, 1.807) is 0 Å². The molecule has 11 rings (SSSR count). The van der Waals surface area contributed by atoms with Crippen LogP contribution in [-0.2, 0) is 0 Å². The van der Waals surface area contributed by atoms with E-state index in [-0.39, 0.29) is 0 Å². The Labute approximate surface area is 329 Å². The van der Waals surface area contributed by atoms with Crippen molar-refractivity contribution in [2.45, 2.75) is 0 Å². The zero-order valence-corrected chi connectivity index (χ0v) is 30.8. The third kappa shape index (κ3) is 5.83. The third-order valence-corrected chi connectivity index (χ3v) is 11.0. The van der Waals surface area contributed by atoms with E-state index in [2.05, 4.69) is 164 Å². The highest BCUT2D eigenvalue weighted by Crippen LogP contribution is 2.42. The van der Waals surface area contributed by atoms with Gasteiger partial charge in [0.15, 0.2) is 17.5 Å². The maximum Gasteiger partial charge on any atom is 0.164 e. The lowest BCUT2D eigenvalue weighted by atomic mass is 9.92. The monoisotopic (exact) mass is 727 g/mol. The first-order chi connectivity index (χ1) is 28.2. The standard InChI is InChI=1S/C53H33N3O/c1-3-12-34(13-4-1)35-22-26-39(27-23-35)52-54-51(38-15-5-2-6-16-38)55-53(56-52)40-28-24-36(25-29-40)41-30-31-45-48-33-47(43-21-11-17-37-14-7-8-18-42(37)43)44-19-9-10-20-46(44)50(48)57-49(45)32-41/h1-33H. The van der Waals surface area contributed by atoms with Crippen LogP contribution in [0.1, 0.15) is 0 Å². The van der Waals surface area contributed by atoms with Gasteiger partial charge in [-0.2, -0.15) is 0 Å². The lowest BCUT2D eigenvalue weighted by Gasteiger charge is -2.11. The number of hydrogen-bond donors (Lipinski definition) is 0. The molecule has 0 unspecified atom stereocenters. The second kappa shape index (κ2) is 13.6. The summed E-state index contributed by atoms with van der Waals surface area (Å²) in [6, 6.07) is 69.9. The highest BCUT2D eigenvalue weighted by molar-refractivity contribution is 6.20. The van der Waals surface area contributed by atoms with Crippen LogP contribution >= 0.6 is 0 Å². The molecule has 0 fully saturated rings. The molecule has 4 heteroatoms. The minimum absolute atomic E-state index is 0.624. The van der Waals surface area contributed by atoms with E-state index in [0.717, 1.165) is 60.7 Å². The van der Waals surface area contributed by atoms with Crippen molar-refractivity contribution in [1.29, 1.82) is 0 Å². The molecular formula is C53H33N3O. The molecule has 266 valence electrons. The van der Waals surface area contributed by atoms with E-state index in [4.69, 9.17) is 19.4 Å². The van der Waals surface area contributed by atoms with Gasteiger partial charge in [-0.3, -0.25) is 0 Å². The molecule has 0 saturated heterocycles. The second-order valence-corrected chi connectivity index (χ2v) is 14.4. The molecule has 0 aliphatic heterocycles. The van der Waals surface area contributed by atoms with E-state index in [9.17, 15) is 0 Å². The minimum atomic E-state index is 0.624. The van der Waals surface area contributed by atoms with Crippen LogP contribution in [0.4, 0.5) is 0 Å². The average molecular weight is 728 g/mol. The van der Waals surface area contributed by atoms with E-state index >= 15 is 0 Å². The summed E-state index contributed by atoms with van der Waals surface area (Å²) in [4.78, 5) is 14.9. The number of furan rings is 1. The van der Waals surface area contributed by atoms with Crippen LogP contribution in [-0.4, -0.2) is 15.0 Å². The van der Waals surface area contributed by atoms with Gasteiger partial charge in [-0.05, 0) is 67.7 Å². The Morgan fingerprint density at radius 1 is 0.281 bits per heavy atom. The number of rotatable bonds is 6. The number of hydrogen-bond acceptors (Lipinski definition) is 4. The van der Waals surface area contributed by atoms with Crippen molar-refractivity contribution in [1.82, 2.24) is 15.0 Å². The molecule has 11 aromatic rings. The fourth-order valence-electron chi connectivity index (χ4n) is 8.07. The van der Waals surface area contributed by atoms with Crippen LogP contribution in [0.15, 0.2) is 205 Å². The molecular weight excluding hydrogens is 695 g/mol. The summed E-state index contributed by atoms with van der Waals surface area (Å²) in [6.45, 7) is 0. The van der Waals surface area contributed by atoms with Crippen molar-refractivity contribution in [2.75, 3.05) is 0 Å². The molecule has 4 nitrogen and oxygen atoms in total. The summed E-state index contributed by atoms with van der Waals surface area (Å²) in [5.41, 5.74) is 11.5. The van der Waals surface area contributed by atoms with Crippen LogP contribution in [0.5, 0.6) is 0 Å². The first kappa shape index (κ1) is 32.7. The lowest BCUT2D eigenvalue weighted by molar-refractivity contribution is 0.673. The molecule has 9 aromatic carbocycles. The van der Waals surface area contributed by atoms with Crippen molar-refractivity contribution in [3.05, 3.63) is 200 Å². The van der Waals surface area contributed by atoms with Gasteiger partial charge in [-0.25, -0.2) is 15.0 Å². The smallest absolute Gasteiger partial charge is 0.164 e. The Kier molecular flexibility index (Phi) is 7.78. The molecule has 0 bridgehead atoms. The summed E-state index contributed by atoms with van der Waals surface area (Å²) >= 11 is 0. The SMILES string of the molecule is c1ccc(-c2ccc(-c3nc(-c4ccccc4)nc(-c4ccc(-c5ccc6c(c5)oc5c7ccccc7c(-c7cccc8ccccc78)cc65)cc4)n3)cc2)cc1. The fraction of sp³-hybridized carbons (Fsp3) is 0. The summed E-state index contributed by atoms with van der Waals surface area (Å²) in [5, 5.41) is 6.97. The maximum absolute atomic E-state index is 6.72. The van der Waals surface area contributed by atoms with Crippen LogP contribution in [0, 0.1) is 0 Å². The van der Waals surface area contributed by atoms with E-state index in [1.807, 2.05) is 36.4 Å². The first-order valence-electron chi connectivity index (χ1n) is 19.2. The molecule has 0 amide bonds. The quantitative estimate of drug-likeness (QED) is 0.171. The number of benzene rings is 9. The topological polar surface area (TPSA) is 51.8 Å². The lowest BCUT2D eigenvalue weighted by Crippen LogP contribution is -2.00. The van der Waals surface area contributed by atoms with Crippen molar-refractivity contribution in [3.8, 4) is 67.5 Å². The van der Waals surface area contributed by atoms with Crippen LogP contribution in [0.2, 0.25) is 0 Å². The summed E-state index contributed by atoms with van der Waals surface area (Å²) in [6.07, 6.45) is 0. The zero-order valence-electron chi connectivity index (χ0n) is 30.8. The largest absolute Gasteiger partial charge is 0.455 e. The van der Waals surface area contributed by atoms with Crippen molar-refractivity contribution < 1.29 is 4.42 Å². The average Bonchev–Trinajstić information content (AvgIpc) is 3.67. The highest BCUT2D eigenvalue weighted by Gasteiger charge is 2.17. The first-order valence-corrected chi connectivity index (χ1v) is 19.2. The van der Waals surface area contributed by atoms with Crippen molar-refractivity contribution in [3.63, 3.8) is 0 Å². The molecule has 2 heterocycles. The van der Waals surface area contributed by atoms with E-state index in [1.165, 1.54) is 32.8 Å². The Hall–Kier alpha value is -7.69. The van der Waals surface area contributed by atoms with Crippen molar-refractivity contribution in [2.24, 2.45) is 0 Å². The summed E-state index contributed by atoms with van der Waals surface area (Å²) < 4.78 is 6.72. The van der Waals surface area contributed by atoms with E-state index < -0.39 is 0 Å². The van der Waals surface area contributed by atoms with Gasteiger partial charge in [0.25, 0.3) is 0 Å². The maximum atomic E-state index is 6.72. The second-order valence-electron chi connectivity index (χ2n) is 14.4. The predicted molar refractivity (Wildman–Crippen MR) is 235 cm³/mol. The predicted octanol–water partition coefficient (Wildman–Crippen LogP) is 14.1. The molecule has 0 saturated carbocycles. The highest BCUT2D eigenvalue weighted by atomic mass is 16.3.